The molecule has 0 unspecified atom stereocenters. The second-order valence-corrected chi connectivity index (χ2v) is 7.85. The number of aromatic nitrogens is 6. The average molecular weight is 419 g/mol. The van der Waals surface area contributed by atoms with Crippen LogP contribution in [0.1, 0.15) is 38.6 Å². The number of anilines is 2. The Bertz CT molecular complexity index is 1160. The van der Waals surface area contributed by atoms with Crippen LogP contribution in [0.15, 0.2) is 49.2 Å². The maximum Gasteiger partial charge on any atom is 0.229 e. The quantitative estimate of drug-likeness (QED) is 0.492. The summed E-state index contributed by atoms with van der Waals surface area (Å²) in [4.78, 5) is 13.5. The van der Waals surface area contributed by atoms with Gasteiger partial charge in [0.05, 0.1) is 30.7 Å². The molecular weight excluding hydrogens is 392 g/mol. The lowest BCUT2D eigenvalue weighted by molar-refractivity contribution is 0.304. The molecule has 5 rings (SSSR count). The van der Waals surface area contributed by atoms with Gasteiger partial charge >= 0.3 is 0 Å². The standard InChI is InChI=1S/C22H26N8O/c1-2-31-19-9-7-17(8-10-19)29-14-25-20-12-24-22(28-21(20)29)27-16-11-26-30(13-16)18-5-3-15(23)4-6-18/h7-15,18H,2-6,23H2,1H3,(H,24,27,28). The second kappa shape index (κ2) is 8.35. The first-order valence-electron chi connectivity index (χ1n) is 10.7. The van der Waals surface area contributed by atoms with Gasteiger partial charge in [-0.25, -0.2) is 9.97 Å². The van der Waals surface area contributed by atoms with E-state index in [2.05, 4.69) is 20.4 Å². The van der Waals surface area contributed by atoms with Crippen molar-refractivity contribution < 1.29 is 4.74 Å². The van der Waals surface area contributed by atoms with E-state index in [9.17, 15) is 0 Å². The smallest absolute Gasteiger partial charge is 0.229 e. The van der Waals surface area contributed by atoms with Gasteiger partial charge in [-0.05, 0) is 56.9 Å². The SMILES string of the molecule is CCOc1ccc(-n2cnc3cnc(Nc4cnn(C5CCC(N)CC5)c4)nc32)cc1. The highest BCUT2D eigenvalue weighted by atomic mass is 16.5. The maximum absolute atomic E-state index is 6.02. The normalized spacial score (nSPS) is 18.9. The van der Waals surface area contributed by atoms with Crippen LogP contribution >= 0.6 is 0 Å². The van der Waals surface area contributed by atoms with Gasteiger partial charge in [-0.2, -0.15) is 10.1 Å². The molecule has 0 bridgehead atoms. The van der Waals surface area contributed by atoms with Crippen molar-refractivity contribution in [2.45, 2.75) is 44.7 Å². The van der Waals surface area contributed by atoms with Crippen LogP contribution in [0.2, 0.25) is 0 Å². The molecule has 4 aromatic rings. The highest BCUT2D eigenvalue weighted by molar-refractivity contribution is 5.74. The van der Waals surface area contributed by atoms with Crippen molar-refractivity contribution in [1.82, 2.24) is 29.3 Å². The Balaban J connectivity index is 1.36. The van der Waals surface area contributed by atoms with Crippen molar-refractivity contribution >= 4 is 22.8 Å². The minimum Gasteiger partial charge on any atom is -0.494 e. The van der Waals surface area contributed by atoms with Gasteiger partial charge in [0.2, 0.25) is 5.95 Å². The first-order valence-corrected chi connectivity index (χ1v) is 10.7. The summed E-state index contributed by atoms with van der Waals surface area (Å²) < 4.78 is 9.49. The molecule has 0 spiro atoms. The zero-order chi connectivity index (χ0) is 21.2. The number of rotatable bonds is 6. The number of nitrogens with two attached hydrogens (primary N) is 1. The minimum absolute atomic E-state index is 0.324. The lowest BCUT2D eigenvalue weighted by Gasteiger charge is -2.26. The number of benzene rings is 1. The molecule has 1 aromatic carbocycles. The van der Waals surface area contributed by atoms with E-state index in [-0.39, 0.29) is 0 Å². The summed E-state index contributed by atoms with van der Waals surface area (Å²) in [5.74, 6) is 1.34. The van der Waals surface area contributed by atoms with Crippen LogP contribution in [0.4, 0.5) is 11.6 Å². The molecule has 3 N–H and O–H groups in total. The number of hydrogen-bond acceptors (Lipinski definition) is 7. The maximum atomic E-state index is 6.02. The lowest BCUT2D eigenvalue weighted by atomic mass is 9.92. The predicted octanol–water partition coefficient (Wildman–Crippen LogP) is 3.60. The molecule has 0 amide bonds. The molecule has 9 nitrogen and oxygen atoms in total. The van der Waals surface area contributed by atoms with Crippen LogP contribution < -0.4 is 15.8 Å². The molecule has 0 radical (unpaired) electrons. The molecular formula is C22H26N8O. The Labute approximate surface area is 180 Å². The summed E-state index contributed by atoms with van der Waals surface area (Å²) in [6, 6.07) is 8.59. The molecule has 1 fully saturated rings. The van der Waals surface area contributed by atoms with E-state index >= 15 is 0 Å². The van der Waals surface area contributed by atoms with Gasteiger partial charge < -0.3 is 15.8 Å². The molecule has 1 aliphatic carbocycles. The van der Waals surface area contributed by atoms with Gasteiger partial charge in [0.15, 0.2) is 5.65 Å². The topological polar surface area (TPSA) is 109 Å². The van der Waals surface area contributed by atoms with Gasteiger partial charge in [0.25, 0.3) is 0 Å². The zero-order valence-corrected chi connectivity index (χ0v) is 17.5. The van der Waals surface area contributed by atoms with E-state index in [0.29, 0.717) is 24.6 Å². The Morgan fingerprint density at radius 1 is 1.10 bits per heavy atom. The van der Waals surface area contributed by atoms with Gasteiger partial charge in [0, 0.05) is 17.9 Å². The van der Waals surface area contributed by atoms with E-state index in [1.54, 1.807) is 12.5 Å². The third-order valence-electron chi connectivity index (χ3n) is 5.69. The summed E-state index contributed by atoms with van der Waals surface area (Å²) in [5.41, 5.74) is 9.30. The van der Waals surface area contributed by atoms with Gasteiger partial charge in [-0.3, -0.25) is 9.25 Å². The van der Waals surface area contributed by atoms with Crippen molar-refractivity contribution in [2.75, 3.05) is 11.9 Å². The number of nitrogens with one attached hydrogen (secondary N) is 1. The van der Waals surface area contributed by atoms with Gasteiger partial charge in [-0.15, -0.1) is 0 Å². The average Bonchev–Trinajstić information content (AvgIpc) is 3.42. The van der Waals surface area contributed by atoms with Crippen LogP contribution in [-0.2, 0) is 0 Å². The number of nitrogens with zero attached hydrogens (tertiary/aromatic N) is 6. The molecule has 160 valence electrons. The molecule has 31 heavy (non-hydrogen) atoms. The summed E-state index contributed by atoms with van der Waals surface area (Å²) in [6.45, 7) is 2.61. The Kier molecular flexibility index (Phi) is 5.25. The van der Waals surface area contributed by atoms with Gasteiger partial charge in [-0.1, -0.05) is 0 Å². The third-order valence-corrected chi connectivity index (χ3v) is 5.69. The van der Waals surface area contributed by atoms with Crippen molar-refractivity contribution in [3.05, 3.63) is 49.2 Å². The van der Waals surface area contributed by atoms with E-state index in [0.717, 1.165) is 54.0 Å². The highest BCUT2D eigenvalue weighted by Gasteiger charge is 2.20. The van der Waals surface area contributed by atoms with Crippen LogP contribution in [0.5, 0.6) is 5.75 Å². The van der Waals surface area contributed by atoms with Crippen LogP contribution in [0.25, 0.3) is 16.9 Å². The fourth-order valence-electron chi connectivity index (χ4n) is 4.03. The summed E-state index contributed by atoms with van der Waals surface area (Å²) in [5, 5.41) is 7.80. The summed E-state index contributed by atoms with van der Waals surface area (Å²) >= 11 is 0. The second-order valence-electron chi connectivity index (χ2n) is 7.85. The molecule has 0 saturated heterocycles. The fourth-order valence-corrected chi connectivity index (χ4v) is 4.03. The fraction of sp³-hybridized carbons (Fsp3) is 0.364. The van der Waals surface area contributed by atoms with Crippen molar-refractivity contribution in [1.29, 1.82) is 0 Å². The molecule has 1 aliphatic rings. The molecule has 9 heteroatoms. The third kappa shape index (κ3) is 4.09. The van der Waals surface area contributed by atoms with E-state index in [1.807, 2.05) is 52.8 Å². The van der Waals surface area contributed by atoms with Crippen molar-refractivity contribution in [3.63, 3.8) is 0 Å². The highest BCUT2D eigenvalue weighted by Crippen LogP contribution is 2.28. The molecule has 3 heterocycles. The van der Waals surface area contributed by atoms with Crippen LogP contribution in [0, 0.1) is 0 Å². The minimum atomic E-state index is 0.324. The van der Waals surface area contributed by atoms with Crippen LogP contribution in [0.3, 0.4) is 0 Å². The molecule has 1 saturated carbocycles. The predicted molar refractivity (Wildman–Crippen MR) is 119 cm³/mol. The van der Waals surface area contributed by atoms with Crippen LogP contribution in [-0.4, -0.2) is 41.9 Å². The molecule has 0 atom stereocenters. The lowest BCUT2D eigenvalue weighted by Crippen LogP contribution is -2.27. The molecule has 3 aromatic heterocycles. The van der Waals surface area contributed by atoms with E-state index in [4.69, 9.17) is 15.5 Å². The first kappa shape index (κ1) is 19.5. The number of fused-ring (bicyclic) bond motifs is 1. The van der Waals surface area contributed by atoms with Crippen molar-refractivity contribution in [3.8, 4) is 11.4 Å². The zero-order valence-electron chi connectivity index (χ0n) is 17.5. The number of imidazole rings is 1. The first-order chi connectivity index (χ1) is 15.2. The van der Waals surface area contributed by atoms with Gasteiger partial charge in [0.1, 0.15) is 17.6 Å². The van der Waals surface area contributed by atoms with Crippen molar-refractivity contribution in [2.24, 2.45) is 5.73 Å². The monoisotopic (exact) mass is 418 g/mol. The Morgan fingerprint density at radius 3 is 2.68 bits per heavy atom. The largest absolute Gasteiger partial charge is 0.494 e. The summed E-state index contributed by atoms with van der Waals surface area (Å²) in [6.07, 6.45) is 11.5. The summed E-state index contributed by atoms with van der Waals surface area (Å²) in [7, 11) is 0. The Morgan fingerprint density at radius 2 is 1.90 bits per heavy atom. The number of hydrogen-bond donors (Lipinski definition) is 2. The van der Waals surface area contributed by atoms with E-state index in [1.165, 1.54) is 0 Å². The Hall–Kier alpha value is -3.46. The molecule has 0 aliphatic heterocycles. The van der Waals surface area contributed by atoms with E-state index < -0.39 is 0 Å². The number of ether oxygens (including phenoxy) is 1.